The molecule has 17 heavy (non-hydrogen) atoms. The summed E-state index contributed by atoms with van der Waals surface area (Å²) in [6.07, 6.45) is -0.467. The van der Waals surface area contributed by atoms with Crippen LogP contribution in [0.1, 0.15) is 11.7 Å². The highest BCUT2D eigenvalue weighted by atomic mass is 32.2. The van der Waals surface area contributed by atoms with Crippen molar-refractivity contribution in [3.63, 3.8) is 0 Å². The van der Waals surface area contributed by atoms with Crippen LogP contribution in [0, 0.1) is 10.1 Å². The molecule has 1 aliphatic rings. The van der Waals surface area contributed by atoms with Crippen molar-refractivity contribution in [2.24, 2.45) is 0 Å². The normalized spacial score (nSPS) is 28.9. The van der Waals surface area contributed by atoms with Crippen molar-refractivity contribution in [1.29, 1.82) is 0 Å². The molecule has 1 saturated heterocycles. The third-order valence-electron chi connectivity index (χ3n) is 2.42. The predicted molar refractivity (Wildman–Crippen MR) is 57.7 cm³/mol. The number of hydrogen-bond donors (Lipinski definition) is 1. The summed E-state index contributed by atoms with van der Waals surface area (Å²) in [5.74, 6) is 0. The molecule has 0 aromatic heterocycles. The fourth-order valence-electron chi connectivity index (χ4n) is 1.53. The molecule has 1 heterocycles. The lowest BCUT2D eigenvalue weighted by Crippen LogP contribution is -2.67. The molecular formula is C9H11N2O5S+. The standard InChI is InChI=1S/C9H10N2O5S/c10-8-5-15-17(14)16-9(8)6-1-3-7(4-2-6)11(12)13/h1-4,8-9H,5,10H2/p+1/t8-,9+,17+/m1/s1. The second-order valence-electron chi connectivity index (χ2n) is 3.61. The van der Waals surface area contributed by atoms with E-state index in [1.54, 1.807) is 12.1 Å². The molecule has 7 nitrogen and oxygen atoms in total. The first-order valence-corrected chi connectivity index (χ1v) is 5.87. The van der Waals surface area contributed by atoms with Crippen LogP contribution in [0.2, 0.25) is 0 Å². The van der Waals surface area contributed by atoms with Gasteiger partial charge in [-0.1, -0.05) is 0 Å². The van der Waals surface area contributed by atoms with E-state index < -0.39 is 22.4 Å². The Labute approximate surface area is 99.5 Å². The van der Waals surface area contributed by atoms with Gasteiger partial charge in [0.15, 0.2) is 6.10 Å². The summed E-state index contributed by atoms with van der Waals surface area (Å²) < 4.78 is 21.0. The van der Waals surface area contributed by atoms with E-state index in [-0.39, 0.29) is 18.3 Å². The Morgan fingerprint density at radius 3 is 2.65 bits per heavy atom. The minimum atomic E-state index is -1.78. The number of non-ortho nitro benzene ring substituents is 1. The van der Waals surface area contributed by atoms with Gasteiger partial charge in [-0.25, -0.2) is 0 Å². The lowest BCUT2D eigenvalue weighted by molar-refractivity contribution is -0.444. The highest BCUT2D eigenvalue weighted by Gasteiger charge is 2.32. The zero-order chi connectivity index (χ0) is 12.4. The molecule has 0 amide bonds. The molecule has 1 aliphatic heterocycles. The number of nitro benzene ring substituents is 1. The van der Waals surface area contributed by atoms with Crippen molar-refractivity contribution in [3.8, 4) is 0 Å². The molecule has 2 rings (SSSR count). The number of nitro groups is 1. The Hall–Kier alpha value is -1.35. The lowest BCUT2D eigenvalue weighted by Gasteiger charge is -2.24. The maximum atomic E-state index is 11.1. The van der Waals surface area contributed by atoms with Crippen molar-refractivity contribution in [2.75, 3.05) is 6.61 Å². The Kier molecular flexibility index (Phi) is 3.48. The van der Waals surface area contributed by atoms with Crippen LogP contribution < -0.4 is 5.73 Å². The van der Waals surface area contributed by atoms with Crippen LogP contribution >= 0.6 is 0 Å². The molecule has 1 aromatic rings. The fraction of sp³-hybridized carbons (Fsp3) is 0.333. The molecule has 3 atom stereocenters. The van der Waals surface area contributed by atoms with Gasteiger partial charge in [-0.2, -0.15) is 4.21 Å². The number of rotatable bonds is 2. The second kappa shape index (κ2) is 4.88. The minimum absolute atomic E-state index is 0.00236. The minimum Gasteiger partial charge on any atom is -0.351 e. The Morgan fingerprint density at radius 2 is 2.06 bits per heavy atom. The Bertz CT molecular complexity index is 449. The van der Waals surface area contributed by atoms with Crippen LogP contribution in [0.3, 0.4) is 0 Å². The van der Waals surface area contributed by atoms with E-state index in [1.165, 1.54) is 12.1 Å². The first-order valence-electron chi connectivity index (χ1n) is 4.87. The largest absolute Gasteiger partial charge is 0.351 e. The summed E-state index contributed by atoms with van der Waals surface area (Å²) in [5.41, 5.74) is 4.53. The molecular weight excluding hydrogens is 248 g/mol. The lowest BCUT2D eigenvalue weighted by atomic mass is 10.0. The van der Waals surface area contributed by atoms with Crippen LogP contribution in [0.15, 0.2) is 24.3 Å². The molecule has 92 valence electrons. The van der Waals surface area contributed by atoms with Gasteiger partial charge in [0.2, 0.25) is 0 Å². The van der Waals surface area contributed by atoms with E-state index in [1.807, 2.05) is 0 Å². The molecule has 0 unspecified atom stereocenters. The number of benzene rings is 1. The van der Waals surface area contributed by atoms with E-state index in [0.717, 1.165) is 0 Å². The maximum Gasteiger partial charge on any atom is 0.305 e. The van der Waals surface area contributed by atoms with Crippen LogP contribution in [-0.4, -0.2) is 21.8 Å². The zero-order valence-electron chi connectivity index (χ0n) is 8.78. The first kappa shape index (κ1) is 12.1. The van der Waals surface area contributed by atoms with Gasteiger partial charge in [-0.15, -0.1) is 0 Å². The van der Waals surface area contributed by atoms with Crippen molar-refractivity contribution < 1.29 is 23.2 Å². The second-order valence-corrected chi connectivity index (χ2v) is 4.45. The van der Waals surface area contributed by atoms with Gasteiger partial charge < -0.3 is 5.73 Å². The van der Waals surface area contributed by atoms with Gasteiger partial charge in [0.1, 0.15) is 12.6 Å². The zero-order valence-corrected chi connectivity index (χ0v) is 9.59. The topological polar surface area (TPSA) is 106 Å². The van der Waals surface area contributed by atoms with E-state index in [9.17, 15) is 14.3 Å². The Balaban J connectivity index is 2.21. The van der Waals surface area contributed by atoms with Gasteiger partial charge in [0, 0.05) is 12.1 Å². The van der Waals surface area contributed by atoms with Crippen molar-refractivity contribution >= 4 is 17.0 Å². The Morgan fingerprint density at radius 1 is 1.41 bits per heavy atom. The molecule has 0 bridgehead atoms. The third kappa shape index (κ3) is 2.67. The van der Waals surface area contributed by atoms with Gasteiger partial charge in [0.25, 0.3) is 5.69 Å². The van der Waals surface area contributed by atoms with Crippen molar-refractivity contribution in [3.05, 3.63) is 39.9 Å². The molecule has 0 aliphatic carbocycles. The SMILES string of the molecule is [NH3+][C@@H]1CO[S@](=O)O[C@H]1c1ccc([N+](=O)[O-])cc1. The quantitative estimate of drug-likeness (QED) is 0.588. The summed E-state index contributed by atoms with van der Waals surface area (Å²) in [6.45, 7) is 0.230. The number of hydrogen-bond acceptors (Lipinski definition) is 5. The molecule has 1 aromatic carbocycles. The maximum absolute atomic E-state index is 11.1. The number of quaternary nitrogens is 1. The van der Waals surface area contributed by atoms with E-state index >= 15 is 0 Å². The van der Waals surface area contributed by atoms with Gasteiger partial charge in [0.05, 0.1) is 4.92 Å². The molecule has 3 N–H and O–H groups in total. The molecule has 1 fully saturated rings. The molecule has 0 spiro atoms. The van der Waals surface area contributed by atoms with Crippen molar-refractivity contribution in [2.45, 2.75) is 12.1 Å². The fourth-order valence-corrected chi connectivity index (χ4v) is 2.31. The summed E-state index contributed by atoms with van der Waals surface area (Å²) in [6, 6.07) is 5.70. The van der Waals surface area contributed by atoms with Crippen LogP contribution in [0.25, 0.3) is 0 Å². The first-order chi connectivity index (χ1) is 8.08. The average molecular weight is 259 g/mol. The predicted octanol–water partition coefficient (Wildman–Crippen LogP) is -0.128. The van der Waals surface area contributed by atoms with Crippen molar-refractivity contribution in [1.82, 2.24) is 0 Å². The smallest absolute Gasteiger partial charge is 0.305 e. The highest BCUT2D eigenvalue weighted by molar-refractivity contribution is 7.75. The average Bonchev–Trinajstić information content (AvgIpc) is 2.32. The summed E-state index contributed by atoms with van der Waals surface area (Å²) in [5, 5.41) is 10.5. The molecule has 0 saturated carbocycles. The molecule has 8 heteroatoms. The monoisotopic (exact) mass is 259 g/mol. The van der Waals surface area contributed by atoms with E-state index in [2.05, 4.69) is 5.73 Å². The van der Waals surface area contributed by atoms with Crippen LogP contribution in [-0.2, 0) is 19.7 Å². The van der Waals surface area contributed by atoms with Crippen LogP contribution in [0.4, 0.5) is 5.69 Å². The van der Waals surface area contributed by atoms with E-state index in [0.29, 0.717) is 5.56 Å². The molecule has 0 radical (unpaired) electrons. The van der Waals surface area contributed by atoms with Crippen LogP contribution in [0.5, 0.6) is 0 Å². The van der Waals surface area contributed by atoms with Gasteiger partial charge >= 0.3 is 11.4 Å². The van der Waals surface area contributed by atoms with E-state index in [4.69, 9.17) is 8.37 Å². The number of nitrogens with zero attached hydrogens (tertiary/aromatic N) is 1. The third-order valence-corrected chi connectivity index (χ3v) is 3.11. The highest BCUT2D eigenvalue weighted by Crippen LogP contribution is 2.26. The van der Waals surface area contributed by atoms with Gasteiger partial charge in [-0.3, -0.25) is 18.5 Å². The van der Waals surface area contributed by atoms with Gasteiger partial charge in [-0.05, 0) is 17.7 Å². The summed E-state index contributed by atoms with van der Waals surface area (Å²) in [7, 11) is 0. The summed E-state index contributed by atoms with van der Waals surface area (Å²) in [4.78, 5) is 10.0. The summed E-state index contributed by atoms with van der Waals surface area (Å²) >= 11 is -1.78.